The molecular formula is C30H54N4O5. The molecule has 2 saturated heterocycles. The zero-order valence-corrected chi connectivity index (χ0v) is 25.5. The van der Waals surface area contributed by atoms with Crippen molar-refractivity contribution >= 4 is 24.2 Å². The van der Waals surface area contributed by atoms with Crippen molar-refractivity contribution in [1.29, 1.82) is 0 Å². The Bertz CT molecular complexity index is 790. The van der Waals surface area contributed by atoms with Crippen LogP contribution in [0.2, 0.25) is 0 Å². The van der Waals surface area contributed by atoms with Gasteiger partial charge in [-0.15, -0.1) is 0 Å². The van der Waals surface area contributed by atoms with Gasteiger partial charge in [-0.05, 0) is 77.9 Å². The Labute approximate surface area is 236 Å². The van der Waals surface area contributed by atoms with Gasteiger partial charge in [0.05, 0.1) is 12.6 Å². The highest BCUT2D eigenvalue weighted by molar-refractivity contribution is 5.96. The van der Waals surface area contributed by atoms with Gasteiger partial charge in [0.25, 0.3) is 0 Å². The second kappa shape index (κ2) is 18.8. The number of nitrogens with zero attached hydrogens (tertiary/aromatic N) is 3. The lowest BCUT2D eigenvalue weighted by atomic mass is 9.96. The molecule has 1 aliphatic carbocycles. The first-order valence-electron chi connectivity index (χ1n) is 14.9. The predicted molar refractivity (Wildman–Crippen MR) is 155 cm³/mol. The van der Waals surface area contributed by atoms with Gasteiger partial charge in [-0.3, -0.25) is 14.4 Å². The molecule has 224 valence electrons. The maximum Gasteiger partial charge on any atom is 0.329 e. The maximum absolute atomic E-state index is 13.0. The summed E-state index contributed by atoms with van der Waals surface area (Å²) >= 11 is 0. The van der Waals surface area contributed by atoms with E-state index in [4.69, 9.17) is 4.74 Å². The van der Waals surface area contributed by atoms with Crippen LogP contribution in [0.5, 0.6) is 0 Å². The smallest absolute Gasteiger partial charge is 0.329 e. The van der Waals surface area contributed by atoms with Crippen LogP contribution in [-0.2, 0) is 23.9 Å². The Balaban J connectivity index is 0.000000638. The largest absolute Gasteiger partial charge is 0.461 e. The normalized spacial score (nSPS) is 20.5. The van der Waals surface area contributed by atoms with E-state index in [2.05, 4.69) is 31.1 Å². The first kappa shape index (κ1) is 34.6. The maximum atomic E-state index is 13.0. The lowest BCUT2D eigenvalue weighted by Crippen LogP contribution is -2.45. The van der Waals surface area contributed by atoms with Crippen LogP contribution in [0.3, 0.4) is 0 Å². The summed E-state index contributed by atoms with van der Waals surface area (Å²) < 4.78 is 5.52. The molecule has 39 heavy (non-hydrogen) atoms. The number of rotatable bonds is 9. The van der Waals surface area contributed by atoms with Crippen molar-refractivity contribution in [3.05, 3.63) is 11.6 Å². The molecule has 3 amide bonds. The van der Waals surface area contributed by atoms with Crippen LogP contribution in [-0.4, -0.2) is 97.4 Å². The van der Waals surface area contributed by atoms with E-state index in [9.17, 15) is 19.2 Å². The van der Waals surface area contributed by atoms with Crippen LogP contribution in [0, 0.1) is 5.92 Å². The minimum atomic E-state index is -0.528. The Kier molecular flexibility index (Phi) is 16.7. The number of piperidine rings is 1. The van der Waals surface area contributed by atoms with Crippen LogP contribution >= 0.6 is 0 Å². The molecule has 2 heterocycles. The van der Waals surface area contributed by atoms with Crippen molar-refractivity contribution in [3.8, 4) is 0 Å². The molecule has 3 fully saturated rings. The van der Waals surface area contributed by atoms with Crippen LogP contribution in [0.1, 0.15) is 92.4 Å². The lowest BCUT2D eigenvalue weighted by molar-refractivity contribution is -0.160. The highest BCUT2D eigenvalue weighted by atomic mass is 16.5. The van der Waals surface area contributed by atoms with Gasteiger partial charge < -0.3 is 24.8 Å². The van der Waals surface area contributed by atoms with Crippen molar-refractivity contribution in [2.75, 3.05) is 40.3 Å². The van der Waals surface area contributed by atoms with Crippen molar-refractivity contribution < 1.29 is 23.9 Å². The molecule has 0 bridgehead atoms. The summed E-state index contributed by atoms with van der Waals surface area (Å²) in [4.78, 5) is 53.7. The summed E-state index contributed by atoms with van der Waals surface area (Å²) in [6.07, 6.45) is 12.1. The first-order chi connectivity index (χ1) is 18.6. The fraction of sp³-hybridized carbons (Fsp3) is 0.800. The molecule has 2 aliphatic heterocycles. The molecule has 9 heteroatoms. The van der Waals surface area contributed by atoms with Gasteiger partial charge in [0.15, 0.2) is 0 Å². The van der Waals surface area contributed by atoms with Crippen LogP contribution < -0.4 is 5.32 Å². The SMILES string of the molecule is C/C(=C\[C@H](C(C)C)N(C)C(=O)CNC=O)C(=O)N1CCC[C@H]1C(=O)OC1CCC1.CCC.CN1CCCCC1. The quantitative estimate of drug-likeness (QED) is 0.267. The number of hydrogen-bond donors (Lipinski definition) is 1. The van der Waals surface area contributed by atoms with Gasteiger partial charge in [-0.2, -0.15) is 0 Å². The summed E-state index contributed by atoms with van der Waals surface area (Å²) in [5.74, 6) is -0.673. The molecule has 3 rings (SSSR count). The van der Waals surface area contributed by atoms with Crippen molar-refractivity contribution in [2.45, 2.75) is 111 Å². The molecule has 0 unspecified atom stereocenters. The number of esters is 1. The number of likely N-dealkylation sites (N-methyl/N-ethyl adjacent to an activating group) is 1. The number of hydrogen-bond acceptors (Lipinski definition) is 6. The third-order valence-electron chi connectivity index (χ3n) is 7.32. The summed E-state index contributed by atoms with van der Waals surface area (Å²) in [6, 6.07) is -0.831. The van der Waals surface area contributed by atoms with E-state index < -0.39 is 6.04 Å². The average molecular weight is 551 g/mol. The number of ether oxygens (including phenoxy) is 1. The minimum absolute atomic E-state index is 0.00153. The molecular weight excluding hydrogens is 496 g/mol. The average Bonchev–Trinajstić information content (AvgIpc) is 3.38. The zero-order chi connectivity index (χ0) is 29.4. The fourth-order valence-electron chi connectivity index (χ4n) is 4.76. The zero-order valence-electron chi connectivity index (χ0n) is 25.5. The van der Waals surface area contributed by atoms with E-state index in [1.54, 1.807) is 24.9 Å². The number of carbonyl (C=O) groups excluding carboxylic acids is 4. The van der Waals surface area contributed by atoms with E-state index in [-0.39, 0.29) is 42.4 Å². The molecule has 0 spiro atoms. The summed E-state index contributed by atoms with van der Waals surface area (Å²) in [5, 5.41) is 2.37. The molecule has 9 nitrogen and oxygen atoms in total. The van der Waals surface area contributed by atoms with Gasteiger partial charge in [-0.1, -0.05) is 46.6 Å². The molecule has 2 atom stereocenters. The minimum Gasteiger partial charge on any atom is -0.461 e. The number of amides is 3. The second-order valence-corrected chi connectivity index (χ2v) is 11.3. The van der Waals surface area contributed by atoms with E-state index in [1.165, 1.54) is 43.7 Å². The summed E-state index contributed by atoms with van der Waals surface area (Å²) in [7, 11) is 3.85. The Morgan fingerprint density at radius 1 is 1.00 bits per heavy atom. The van der Waals surface area contributed by atoms with Crippen molar-refractivity contribution in [1.82, 2.24) is 20.0 Å². The third-order valence-corrected chi connectivity index (χ3v) is 7.32. The van der Waals surface area contributed by atoms with Gasteiger partial charge in [-0.25, -0.2) is 4.79 Å². The number of nitrogens with one attached hydrogen (secondary N) is 1. The third kappa shape index (κ3) is 12.1. The molecule has 1 saturated carbocycles. The molecule has 0 aromatic rings. The summed E-state index contributed by atoms with van der Waals surface area (Å²) in [5.41, 5.74) is 0.495. The molecule has 0 aromatic carbocycles. The monoisotopic (exact) mass is 550 g/mol. The van der Waals surface area contributed by atoms with Gasteiger partial charge >= 0.3 is 5.97 Å². The van der Waals surface area contributed by atoms with E-state index in [0.717, 1.165) is 25.7 Å². The second-order valence-electron chi connectivity index (χ2n) is 11.3. The van der Waals surface area contributed by atoms with Crippen LogP contribution in [0.25, 0.3) is 0 Å². The predicted octanol–water partition coefficient (Wildman–Crippen LogP) is 3.77. The number of likely N-dealkylation sites (tertiary alicyclic amines) is 2. The van der Waals surface area contributed by atoms with Gasteiger partial charge in [0.1, 0.15) is 12.1 Å². The molecule has 3 aliphatic rings. The van der Waals surface area contributed by atoms with Gasteiger partial charge in [0, 0.05) is 19.2 Å². The molecule has 1 N–H and O–H groups in total. The number of carbonyl (C=O) groups is 4. The Morgan fingerprint density at radius 2 is 1.62 bits per heavy atom. The van der Waals surface area contributed by atoms with Crippen molar-refractivity contribution in [3.63, 3.8) is 0 Å². The standard InChI is InChI=1S/C21H33N3O5.C6H13N.C3H8/c1-14(2)18(23(4)19(26)12-22-13-25)11-15(3)20(27)24-10-6-9-17(24)21(28)29-16-7-5-8-16;1-7-5-3-2-4-6-7;1-3-2/h11,13-14,16-18H,5-10,12H2,1-4H3,(H,22,25);2-6H2,1H3;3H2,1-2H3/b15-11+;;/t17-,18+;;/m0../s1. The van der Waals surface area contributed by atoms with Crippen LogP contribution in [0.4, 0.5) is 0 Å². The highest BCUT2D eigenvalue weighted by Gasteiger charge is 2.37. The Hall–Kier alpha value is -2.42. The highest BCUT2D eigenvalue weighted by Crippen LogP contribution is 2.26. The van der Waals surface area contributed by atoms with Gasteiger partial charge in [0.2, 0.25) is 18.2 Å². The lowest BCUT2D eigenvalue weighted by Gasteiger charge is -2.31. The molecule has 0 aromatic heterocycles. The Morgan fingerprint density at radius 3 is 2.08 bits per heavy atom. The van der Waals surface area contributed by atoms with E-state index >= 15 is 0 Å². The fourth-order valence-corrected chi connectivity index (χ4v) is 4.76. The van der Waals surface area contributed by atoms with Crippen LogP contribution in [0.15, 0.2) is 11.6 Å². The topological polar surface area (TPSA) is 99.3 Å². The van der Waals surface area contributed by atoms with E-state index in [0.29, 0.717) is 24.9 Å². The first-order valence-corrected chi connectivity index (χ1v) is 14.9. The molecule has 0 radical (unpaired) electrons. The van der Waals surface area contributed by atoms with Crippen molar-refractivity contribution in [2.24, 2.45) is 5.92 Å². The van der Waals surface area contributed by atoms with E-state index in [1.807, 2.05) is 13.8 Å². The summed E-state index contributed by atoms with van der Waals surface area (Å²) in [6.45, 7) is 13.0.